The van der Waals surface area contributed by atoms with Crippen LogP contribution in [-0.4, -0.2) is 76.6 Å². The van der Waals surface area contributed by atoms with E-state index in [2.05, 4.69) is 41.0 Å². The van der Waals surface area contributed by atoms with E-state index in [0.717, 1.165) is 44.9 Å². The average Bonchev–Trinajstić information content (AvgIpc) is 2.62. The number of carbonyl (C=O) groups is 1. The third-order valence-corrected chi connectivity index (χ3v) is 6.90. The number of nitrogens with zero attached hydrogens (tertiary/aromatic N) is 5. The van der Waals surface area contributed by atoms with E-state index in [4.69, 9.17) is 0 Å². The highest BCUT2D eigenvalue weighted by atomic mass is 19.4. The van der Waals surface area contributed by atoms with Crippen LogP contribution in [0.4, 0.5) is 23.9 Å². The lowest BCUT2D eigenvalue weighted by molar-refractivity contribution is -0.138. The molecule has 0 bridgehead atoms. The van der Waals surface area contributed by atoms with Crippen molar-refractivity contribution >= 4 is 12.0 Å². The van der Waals surface area contributed by atoms with Crippen molar-refractivity contribution in [1.82, 2.24) is 25.1 Å². The Bertz CT molecular complexity index is 842. The van der Waals surface area contributed by atoms with E-state index in [1.54, 1.807) is 0 Å². The van der Waals surface area contributed by atoms with Crippen molar-refractivity contribution in [2.75, 3.05) is 37.6 Å². The lowest BCUT2D eigenvalue weighted by Gasteiger charge is -2.60. The van der Waals surface area contributed by atoms with Crippen molar-refractivity contribution in [3.63, 3.8) is 0 Å². The summed E-state index contributed by atoms with van der Waals surface area (Å²) in [6.07, 6.45) is -0.776. The van der Waals surface area contributed by atoms with Crippen molar-refractivity contribution in [3.8, 4) is 0 Å². The fraction of sp³-hybridized carbons (Fsp3) is 0.783. The van der Waals surface area contributed by atoms with Crippen molar-refractivity contribution in [2.24, 2.45) is 10.8 Å². The van der Waals surface area contributed by atoms with Gasteiger partial charge >= 0.3 is 12.2 Å². The molecule has 1 saturated carbocycles. The number of alkyl halides is 3. The fourth-order valence-electron chi connectivity index (χ4n) is 5.80. The highest BCUT2D eigenvalue weighted by Gasteiger charge is 2.53. The van der Waals surface area contributed by atoms with Gasteiger partial charge in [0.05, 0.1) is 5.56 Å². The van der Waals surface area contributed by atoms with E-state index >= 15 is 0 Å². The molecule has 0 unspecified atom stereocenters. The van der Waals surface area contributed by atoms with Crippen molar-refractivity contribution in [1.29, 1.82) is 0 Å². The molecule has 0 aromatic carbocycles. The third-order valence-electron chi connectivity index (χ3n) is 6.90. The molecular formula is C23H35F3N6O. The van der Waals surface area contributed by atoms with Crippen molar-refractivity contribution in [3.05, 3.63) is 18.0 Å². The molecule has 33 heavy (non-hydrogen) atoms. The van der Waals surface area contributed by atoms with E-state index in [9.17, 15) is 18.0 Å². The molecule has 3 heterocycles. The lowest BCUT2D eigenvalue weighted by Crippen LogP contribution is -2.69. The van der Waals surface area contributed by atoms with Gasteiger partial charge in [-0.25, -0.2) is 14.8 Å². The first-order valence-corrected chi connectivity index (χ1v) is 11.7. The molecule has 7 nitrogen and oxygen atoms in total. The van der Waals surface area contributed by atoms with Gasteiger partial charge in [0, 0.05) is 63.2 Å². The minimum Gasteiger partial charge on any atom is -0.337 e. The zero-order valence-corrected chi connectivity index (χ0v) is 20.1. The predicted octanol–water partition coefficient (Wildman–Crippen LogP) is 3.61. The maximum atomic E-state index is 13.0. The molecule has 3 aliphatic rings. The number of likely N-dealkylation sites (tertiary alicyclic amines) is 1. The molecule has 3 fully saturated rings. The van der Waals surface area contributed by atoms with E-state index < -0.39 is 11.7 Å². The number of hydrogen-bond acceptors (Lipinski definition) is 5. The Labute approximate surface area is 193 Å². The second kappa shape index (κ2) is 8.29. The van der Waals surface area contributed by atoms with Crippen LogP contribution in [0, 0.1) is 10.8 Å². The molecule has 4 rings (SSSR count). The zero-order chi connectivity index (χ0) is 24.2. The maximum Gasteiger partial charge on any atom is 0.419 e. The lowest BCUT2D eigenvalue weighted by atomic mass is 9.60. The first kappa shape index (κ1) is 24.0. The van der Waals surface area contributed by atoms with Crippen molar-refractivity contribution in [2.45, 2.75) is 71.8 Å². The largest absolute Gasteiger partial charge is 0.419 e. The number of carbonyl (C=O) groups excluding carboxylic acids is 1. The topological polar surface area (TPSA) is 64.6 Å². The zero-order valence-electron chi connectivity index (χ0n) is 20.1. The summed E-state index contributed by atoms with van der Waals surface area (Å²) in [6.45, 7) is 15.0. The molecule has 1 N–H and O–H groups in total. The smallest absolute Gasteiger partial charge is 0.337 e. The van der Waals surface area contributed by atoms with E-state index in [0.29, 0.717) is 23.9 Å². The number of anilines is 1. The van der Waals surface area contributed by atoms with E-state index in [-0.39, 0.29) is 30.1 Å². The molecule has 1 spiro atoms. The fourth-order valence-corrected chi connectivity index (χ4v) is 5.80. The number of nitrogens with one attached hydrogen (secondary N) is 1. The molecule has 2 atom stereocenters. The number of aromatic nitrogens is 2. The summed E-state index contributed by atoms with van der Waals surface area (Å²) in [6, 6.07) is -0.0713. The molecule has 2 amide bonds. The van der Waals surface area contributed by atoms with E-state index in [1.807, 2.05) is 23.6 Å². The molecule has 2 aliphatic heterocycles. The van der Waals surface area contributed by atoms with Crippen LogP contribution < -0.4 is 10.2 Å². The third kappa shape index (κ3) is 5.20. The summed E-state index contributed by atoms with van der Waals surface area (Å²) in [7, 11) is 0. The number of urea groups is 1. The summed E-state index contributed by atoms with van der Waals surface area (Å²) < 4.78 is 38.3. The van der Waals surface area contributed by atoms with Gasteiger partial charge in [0.25, 0.3) is 0 Å². The first-order valence-electron chi connectivity index (χ1n) is 11.7. The number of piperazine rings is 1. The number of amides is 2. The minimum absolute atomic E-state index is 0.0614. The molecule has 184 valence electrons. The molecule has 10 heteroatoms. The molecule has 0 radical (unpaired) electrons. The van der Waals surface area contributed by atoms with Gasteiger partial charge in [0.15, 0.2) is 0 Å². The maximum absolute atomic E-state index is 13.0. The standard InChI is InChI=1S/C23H35F3N6O/c1-15-10-31(19-27-8-17(9-28-19)23(24,25)26)11-16(2)32(15)20(33)29-18-6-22(7-18)13-30(14-22)12-21(3,4)5/h8-9,15-16,18H,6-7,10-14H2,1-5H3,(H,29,33)/t15-,16-/m1/s1. The molecule has 2 saturated heterocycles. The predicted molar refractivity (Wildman–Crippen MR) is 120 cm³/mol. The van der Waals surface area contributed by atoms with Gasteiger partial charge in [0.1, 0.15) is 0 Å². The van der Waals surface area contributed by atoms with Crippen LogP contribution in [0.3, 0.4) is 0 Å². The summed E-state index contributed by atoms with van der Waals surface area (Å²) >= 11 is 0. The Balaban J connectivity index is 1.27. The van der Waals surface area contributed by atoms with Crippen LogP contribution >= 0.6 is 0 Å². The first-order chi connectivity index (χ1) is 15.2. The van der Waals surface area contributed by atoms with Gasteiger partial charge in [-0.05, 0) is 37.5 Å². The Morgan fingerprint density at radius 1 is 1.09 bits per heavy atom. The van der Waals surface area contributed by atoms with Gasteiger partial charge in [-0.2, -0.15) is 13.2 Å². The van der Waals surface area contributed by atoms with Crippen LogP contribution in [0.2, 0.25) is 0 Å². The summed E-state index contributed by atoms with van der Waals surface area (Å²) in [5.74, 6) is 0.257. The Kier molecular flexibility index (Phi) is 6.04. The minimum atomic E-state index is -4.46. The molecule has 1 aromatic heterocycles. The Morgan fingerprint density at radius 3 is 2.12 bits per heavy atom. The van der Waals surface area contributed by atoms with Crippen LogP contribution in [0.25, 0.3) is 0 Å². The Hall–Kier alpha value is -2.10. The normalized spacial score (nSPS) is 26.2. The van der Waals surface area contributed by atoms with Crippen LogP contribution in [-0.2, 0) is 6.18 Å². The van der Waals surface area contributed by atoms with Gasteiger partial charge in [0.2, 0.25) is 5.95 Å². The SMILES string of the molecule is C[C@@H]1CN(c2ncc(C(F)(F)F)cn2)C[C@@H](C)N1C(=O)NC1CC2(C1)CN(CC(C)(C)C)C2. The molecular weight excluding hydrogens is 433 g/mol. The molecule has 1 aliphatic carbocycles. The highest BCUT2D eigenvalue weighted by molar-refractivity contribution is 5.76. The van der Waals surface area contributed by atoms with Crippen molar-refractivity contribution < 1.29 is 18.0 Å². The summed E-state index contributed by atoms with van der Waals surface area (Å²) in [5.41, 5.74) is -0.186. The van der Waals surface area contributed by atoms with Crippen LogP contribution in [0.5, 0.6) is 0 Å². The average molecular weight is 469 g/mol. The Morgan fingerprint density at radius 2 is 1.64 bits per heavy atom. The number of halogens is 3. The number of rotatable bonds is 3. The molecule has 1 aromatic rings. The number of hydrogen-bond donors (Lipinski definition) is 1. The van der Waals surface area contributed by atoms with Crippen LogP contribution in [0.1, 0.15) is 53.0 Å². The second-order valence-electron chi connectivity index (χ2n) is 11.5. The summed E-state index contributed by atoms with van der Waals surface area (Å²) in [5, 5.41) is 3.21. The highest BCUT2D eigenvalue weighted by Crippen LogP contribution is 2.49. The van der Waals surface area contributed by atoms with Gasteiger partial charge < -0.3 is 20.0 Å². The van der Waals surface area contributed by atoms with Crippen LogP contribution in [0.15, 0.2) is 12.4 Å². The van der Waals surface area contributed by atoms with E-state index in [1.165, 1.54) is 0 Å². The second-order valence-corrected chi connectivity index (χ2v) is 11.5. The van der Waals surface area contributed by atoms with Gasteiger partial charge in [-0.15, -0.1) is 0 Å². The van der Waals surface area contributed by atoms with Gasteiger partial charge in [-0.1, -0.05) is 20.8 Å². The quantitative estimate of drug-likeness (QED) is 0.734. The summed E-state index contributed by atoms with van der Waals surface area (Å²) in [4.78, 5) is 27.0. The monoisotopic (exact) mass is 468 g/mol. The van der Waals surface area contributed by atoms with Gasteiger partial charge in [-0.3, -0.25) is 0 Å².